The van der Waals surface area contributed by atoms with E-state index in [9.17, 15) is 0 Å². The topological polar surface area (TPSA) is 66.0 Å². The molecule has 118 valence electrons. The van der Waals surface area contributed by atoms with Crippen LogP contribution in [0.25, 0.3) is 0 Å². The molecule has 1 aromatic heterocycles. The van der Waals surface area contributed by atoms with Gasteiger partial charge in [-0.05, 0) is 19.8 Å². The van der Waals surface area contributed by atoms with Crippen LogP contribution in [0.2, 0.25) is 0 Å². The Bertz CT molecular complexity index is 426. The zero-order chi connectivity index (χ0) is 15.1. The molecule has 0 atom stereocenters. The summed E-state index contributed by atoms with van der Waals surface area (Å²) in [6.45, 7) is 2.85. The van der Waals surface area contributed by atoms with E-state index >= 15 is 0 Å². The largest absolute Gasteiger partial charge is 0.354 e. The highest BCUT2D eigenvalue weighted by molar-refractivity contribution is 5.43. The van der Waals surface area contributed by atoms with E-state index in [0.29, 0.717) is 23.9 Å². The van der Waals surface area contributed by atoms with Crippen molar-refractivity contribution in [1.29, 1.82) is 0 Å². The average molecular weight is 292 g/mol. The molecular weight excluding hydrogens is 264 g/mol. The van der Waals surface area contributed by atoms with E-state index in [0.717, 1.165) is 6.54 Å². The molecule has 0 aromatic carbocycles. The van der Waals surface area contributed by atoms with Crippen molar-refractivity contribution in [2.75, 3.05) is 36.2 Å². The first-order valence-corrected chi connectivity index (χ1v) is 8.13. The van der Waals surface area contributed by atoms with Gasteiger partial charge in [-0.2, -0.15) is 15.0 Å². The Morgan fingerprint density at radius 2 is 1.57 bits per heavy atom. The van der Waals surface area contributed by atoms with Crippen molar-refractivity contribution in [3.05, 3.63) is 0 Å². The van der Waals surface area contributed by atoms with Gasteiger partial charge in [0.1, 0.15) is 0 Å². The van der Waals surface area contributed by atoms with E-state index in [-0.39, 0.29) is 0 Å². The van der Waals surface area contributed by atoms with Crippen LogP contribution in [0, 0.1) is 0 Å². The molecule has 6 heteroatoms. The van der Waals surface area contributed by atoms with Crippen molar-refractivity contribution < 1.29 is 0 Å². The van der Waals surface area contributed by atoms with Crippen LogP contribution in [-0.4, -0.2) is 41.6 Å². The van der Waals surface area contributed by atoms with Gasteiger partial charge in [-0.25, -0.2) is 0 Å². The second-order valence-corrected chi connectivity index (χ2v) is 5.89. The zero-order valence-corrected chi connectivity index (χ0v) is 13.5. The van der Waals surface area contributed by atoms with E-state index in [1.807, 2.05) is 25.9 Å². The minimum Gasteiger partial charge on any atom is -0.354 e. The highest BCUT2D eigenvalue weighted by atomic mass is 15.3. The standard InChI is InChI=1S/C15H28N6/c1-4-16-13-18-14(20-15(19-13)21(2)3)17-12-10-8-6-5-7-9-11-12/h12H,4-11H2,1-3H3,(H2,16,17,18,19,20). The summed E-state index contributed by atoms with van der Waals surface area (Å²) in [5.74, 6) is 2.02. The van der Waals surface area contributed by atoms with Gasteiger partial charge in [0.05, 0.1) is 0 Å². The van der Waals surface area contributed by atoms with E-state index in [2.05, 4.69) is 25.6 Å². The third-order valence-corrected chi connectivity index (χ3v) is 3.80. The number of hydrogen-bond acceptors (Lipinski definition) is 6. The molecule has 0 saturated heterocycles. The number of aromatic nitrogens is 3. The Hall–Kier alpha value is -1.59. The summed E-state index contributed by atoms with van der Waals surface area (Å²) in [6.07, 6.45) is 9.08. The molecule has 0 bridgehead atoms. The van der Waals surface area contributed by atoms with Gasteiger partial charge in [0.15, 0.2) is 0 Å². The van der Waals surface area contributed by atoms with Gasteiger partial charge in [0.2, 0.25) is 17.8 Å². The molecule has 1 heterocycles. The fourth-order valence-corrected chi connectivity index (χ4v) is 2.65. The van der Waals surface area contributed by atoms with Crippen LogP contribution in [0.4, 0.5) is 17.8 Å². The summed E-state index contributed by atoms with van der Waals surface area (Å²) >= 11 is 0. The molecule has 0 aliphatic heterocycles. The molecule has 0 amide bonds. The van der Waals surface area contributed by atoms with E-state index in [1.54, 1.807) is 0 Å². The Labute approximate surface area is 127 Å². The molecule has 2 rings (SSSR count). The van der Waals surface area contributed by atoms with Crippen molar-refractivity contribution >= 4 is 17.8 Å². The molecule has 1 aliphatic carbocycles. The smallest absolute Gasteiger partial charge is 0.231 e. The van der Waals surface area contributed by atoms with Gasteiger partial charge in [0, 0.05) is 26.7 Å². The van der Waals surface area contributed by atoms with Gasteiger partial charge >= 0.3 is 0 Å². The first kappa shape index (κ1) is 15.8. The fraction of sp³-hybridized carbons (Fsp3) is 0.800. The minimum atomic E-state index is 0.484. The fourth-order valence-electron chi connectivity index (χ4n) is 2.65. The van der Waals surface area contributed by atoms with Crippen LogP contribution in [0.15, 0.2) is 0 Å². The minimum absolute atomic E-state index is 0.484. The maximum absolute atomic E-state index is 4.52. The van der Waals surface area contributed by atoms with Crippen LogP contribution in [-0.2, 0) is 0 Å². The monoisotopic (exact) mass is 292 g/mol. The zero-order valence-electron chi connectivity index (χ0n) is 13.5. The second-order valence-electron chi connectivity index (χ2n) is 5.89. The van der Waals surface area contributed by atoms with Crippen molar-refractivity contribution in [2.24, 2.45) is 0 Å². The molecule has 1 fully saturated rings. The second kappa shape index (κ2) is 8.00. The molecule has 21 heavy (non-hydrogen) atoms. The Kier molecular flexibility index (Phi) is 6.02. The Morgan fingerprint density at radius 1 is 0.952 bits per heavy atom. The lowest BCUT2D eigenvalue weighted by Gasteiger charge is -2.22. The first-order chi connectivity index (χ1) is 10.2. The third kappa shape index (κ3) is 5.02. The summed E-state index contributed by atoms with van der Waals surface area (Å²) in [6, 6.07) is 0.484. The maximum atomic E-state index is 4.52. The summed E-state index contributed by atoms with van der Waals surface area (Å²) in [7, 11) is 3.90. The Morgan fingerprint density at radius 3 is 2.19 bits per heavy atom. The molecule has 1 saturated carbocycles. The van der Waals surface area contributed by atoms with Crippen LogP contribution >= 0.6 is 0 Å². The van der Waals surface area contributed by atoms with Gasteiger partial charge in [0.25, 0.3) is 0 Å². The van der Waals surface area contributed by atoms with Crippen LogP contribution in [0.1, 0.15) is 51.9 Å². The summed E-state index contributed by atoms with van der Waals surface area (Å²) in [4.78, 5) is 15.3. The van der Waals surface area contributed by atoms with Crippen molar-refractivity contribution in [3.8, 4) is 0 Å². The predicted octanol–water partition coefficient (Wildman–Crippen LogP) is 2.89. The van der Waals surface area contributed by atoms with Crippen molar-refractivity contribution in [3.63, 3.8) is 0 Å². The molecular formula is C15H28N6. The molecule has 1 aliphatic rings. The van der Waals surface area contributed by atoms with Gasteiger partial charge in [-0.1, -0.05) is 32.1 Å². The van der Waals surface area contributed by atoms with Gasteiger partial charge in [-0.15, -0.1) is 0 Å². The number of nitrogens with one attached hydrogen (secondary N) is 2. The molecule has 0 radical (unpaired) electrons. The number of anilines is 3. The Balaban J connectivity index is 2.09. The van der Waals surface area contributed by atoms with Gasteiger partial charge in [-0.3, -0.25) is 0 Å². The van der Waals surface area contributed by atoms with Crippen LogP contribution in [0.3, 0.4) is 0 Å². The SMILES string of the molecule is CCNc1nc(NC2CCCCCCC2)nc(N(C)C)n1. The van der Waals surface area contributed by atoms with Crippen molar-refractivity contribution in [1.82, 2.24) is 15.0 Å². The van der Waals surface area contributed by atoms with Crippen LogP contribution in [0.5, 0.6) is 0 Å². The lowest BCUT2D eigenvalue weighted by atomic mass is 9.97. The lowest BCUT2D eigenvalue weighted by molar-refractivity contribution is 0.470. The average Bonchev–Trinajstić information content (AvgIpc) is 2.42. The molecule has 0 unspecified atom stereocenters. The molecule has 6 nitrogen and oxygen atoms in total. The highest BCUT2D eigenvalue weighted by Gasteiger charge is 2.14. The summed E-state index contributed by atoms with van der Waals surface area (Å²) in [5, 5.41) is 6.69. The summed E-state index contributed by atoms with van der Waals surface area (Å²) < 4.78 is 0. The van der Waals surface area contributed by atoms with Crippen LogP contribution < -0.4 is 15.5 Å². The predicted molar refractivity (Wildman–Crippen MR) is 88.0 cm³/mol. The third-order valence-electron chi connectivity index (χ3n) is 3.80. The van der Waals surface area contributed by atoms with Crippen molar-refractivity contribution in [2.45, 2.75) is 57.9 Å². The maximum Gasteiger partial charge on any atom is 0.231 e. The van der Waals surface area contributed by atoms with E-state index < -0.39 is 0 Å². The van der Waals surface area contributed by atoms with E-state index in [1.165, 1.54) is 44.9 Å². The molecule has 0 spiro atoms. The van der Waals surface area contributed by atoms with Gasteiger partial charge < -0.3 is 15.5 Å². The number of rotatable bonds is 5. The normalized spacial score (nSPS) is 16.9. The quantitative estimate of drug-likeness (QED) is 0.870. The summed E-state index contributed by atoms with van der Waals surface area (Å²) in [5.41, 5.74) is 0. The number of nitrogens with zero attached hydrogens (tertiary/aromatic N) is 4. The van der Waals surface area contributed by atoms with E-state index in [4.69, 9.17) is 0 Å². The highest BCUT2D eigenvalue weighted by Crippen LogP contribution is 2.20. The number of hydrogen-bond donors (Lipinski definition) is 2. The first-order valence-electron chi connectivity index (χ1n) is 8.13. The lowest BCUT2D eigenvalue weighted by Crippen LogP contribution is -2.24. The molecule has 1 aromatic rings. The molecule has 2 N–H and O–H groups in total.